The highest BCUT2D eigenvalue weighted by atomic mass is 32.1. The summed E-state index contributed by atoms with van der Waals surface area (Å²) in [4.78, 5) is 27.7. The first-order valence-corrected chi connectivity index (χ1v) is 10.6. The summed E-state index contributed by atoms with van der Waals surface area (Å²) < 4.78 is 2.16. The third-order valence-electron chi connectivity index (χ3n) is 5.83. The zero-order valence-corrected chi connectivity index (χ0v) is 16.8. The van der Waals surface area contributed by atoms with E-state index in [9.17, 15) is 9.59 Å². The van der Waals surface area contributed by atoms with Gasteiger partial charge in [0.05, 0.1) is 22.7 Å². The Hall–Kier alpha value is -2.09. The largest absolute Gasteiger partial charge is 0.351 e. The van der Waals surface area contributed by atoms with Crippen LogP contribution in [0.15, 0.2) is 6.07 Å². The Balaban J connectivity index is 1.42. The lowest BCUT2D eigenvalue weighted by atomic mass is 9.96. The van der Waals surface area contributed by atoms with Crippen molar-refractivity contribution in [2.75, 3.05) is 20.1 Å². The lowest BCUT2D eigenvalue weighted by molar-refractivity contribution is 0.0955. The first-order valence-electron chi connectivity index (χ1n) is 9.82. The number of nitrogens with one attached hydrogen (secondary N) is 2. The zero-order chi connectivity index (χ0) is 19.0. The Labute approximate surface area is 163 Å². The maximum atomic E-state index is 12.6. The number of nitrogens with zero attached hydrogens (tertiary/aromatic N) is 3. The highest BCUT2D eigenvalue weighted by molar-refractivity contribution is 7.20. The predicted molar refractivity (Wildman–Crippen MR) is 106 cm³/mol. The van der Waals surface area contributed by atoms with Crippen LogP contribution in [-0.2, 0) is 0 Å². The molecule has 1 atom stereocenters. The van der Waals surface area contributed by atoms with Gasteiger partial charge in [-0.05, 0) is 32.3 Å². The summed E-state index contributed by atoms with van der Waals surface area (Å²) in [6.07, 6.45) is 6.94. The van der Waals surface area contributed by atoms with E-state index in [1.165, 1.54) is 32.1 Å². The molecule has 4 rings (SSSR count). The third-order valence-corrected chi connectivity index (χ3v) is 6.96. The van der Waals surface area contributed by atoms with Gasteiger partial charge in [-0.1, -0.05) is 19.3 Å². The predicted octanol–water partition coefficient (Wildman–Crippen LogP) is 3.05. The molecular weight excluding hydrogens is 362 g/mol. The molecule has 1 unspecified atom stereocenters. The fourth-order valence-electron chi connectivity index (χ4n) is 4.12. The summed E-state index contributed by atoms with van der Waals surface area (Å²) in [7, 11) is 1.79. The van der Waals surface area contributed by atoms with Gasteiger partial charge in [0.1, 0.15) is 4.83 Å². The topological polar surface area (TPSA) is 79.3 Å². The minimum atomic E-state index is -0.0430. The van der Waals surface area contributed by atoms with Crippen LogP contribution in [0.5, 0.6) is 0 Å². The highest BCUT2D eigenvalue weighted by Gasteiger charge is 2.27. The normalized spacial score (nSPS) is 21.0. The van der Waals surface area contributed by atoms with Crippen molar-refractivity contribution in [3.05, 3.63) is 16.6 Å². The number of carbonyl (C=O) groups excluding carboxylic acids is 2. The van der Waals surface area contributed by atoms with E-state index >= 15 is 0 Å². The van der Waals surface area contributed by atoms with Crippen LogP contribution in [0.1, 0.15) is 59.9 Å². The monoisotopic (exact) mass is 389 g/mol. The van der Waals surface area contributed by atoms with Crippen molar-refractivity contribution in [3.63, 3.8) is 0 Å². The molecule has 146 valence electrons. The van der Waals surface area contributed by atoms with E-state index in [2.05, 4.69) is 15.3 Å². The number of aryl methyl sites for hydroxylation is 1. The maximum absolute atomic E-state index is 12.6. The first-order chi connectivity index (χ1) is 13.0. The van der Waals surface area contributed by atoms with Gasteiger partial charge in [0.25, 0.3) is 5.91 Å². The second-order valence-electron chi connectivity index (χ2n) is 7.65. The van der Waals surface area contributed by atoms with Crippen molar-refractivity contribution in [1.82, 2.24) is 25.3 Å². The van der Waals surface area contributed by atoms with E-state index in [4.69, 9.17) is 5.10 Å². The Morgan fingerprint density at radius 3 is 2.85 bits per heavy atom. The zero-order valence-electron chi connectivity index (χ0n) is 16.0. The van der Waals surface area contributed by atoms with Crippen LogP contribution in [0.4, 0.5) is 4.79 Å². The van der Waals surface area contributed by atoms with E-state index in [0.29, 0.717) is 19.1 Å². The van der Waals surface area contributed by atoms with Gasteiger partial charge in [-0.2, -0.15) is 5.10 Å². The molecule has 0 aromatic carbocycles. The van der Waals surface area contributed by atoms with E-state index in [1.54, 1.807) is 23.3 Å². The van der Waals surface area contributed by atoms with Gasteiger partial charge in [0, 0.05) is 25.5 Å². The molecule has 3 amide bonds. The minimum absolute atomic E-state index is 0.0364. The number of hydrogen-bond acceptors (Lipinski definition) is 4. The van der Waals surface area contributed by atoms with Gasteiger partial charge < -0.3 is 15.5 Å². The second kappa shape index (κ2) is 7.50. The highest BCUT2D eigenvalue weighted by Crippen LogP contribution is 2.35. The molecule has 27 heavy (non-hydrogen) atoms. The lowest BCUT2D eigenvalue weighted by Crippen LogP contribution is -2.34. The van der Waals surface area contributed by atoms with E-state index < -0.39 is 0 Å². The van der Waals surface area contributed by atoms with E-state index in [1.807, 2.05) is 13.0 Å². The molecule has 1 aliphatic heterocycles. The lowest BCUT2D eigenvalue weighted by Gasteiger charge is -2.22. The standard InChI is InChI=1S/C19H27N5O2S/c1-12-15-10-16(17(25)20-9-8-14-11-21-19(26)23(14)2)27-18(15)24(22-12)13-6-4-3-5-7-13/h10,13-14H,3-9,11H2,1-2H3,(H,20,25)(H,21,26). The van der Waals surface area contributed by atoms with Crippen molar-refractivity contribution >= 4 is 33.5 Å². The molecule has 7 nitrogen and oxygen atoms in total. The Morgan fingerprint density at radius 2 is 2.15 bits per heavy atom. The van der Waals surface area contributed by atoms with Gasteiger partial charge in [-0.25, -0.2) is 4.79 Å². The average molecular weight is 390 g/mol. The summed E-state index contributed by atoms with van der Waals surface area (Å²) in [5.41, 5.74) is 1.00. The molecule has 0 spiro atoms. The van der Waals surface area contributed by atoms with Crippen LogP contribution < -0.4 is 10.6 Å². The smallest absolute Gasteiger partial charge is 0.317 e. The summed E-state index contributed by atoms with van der Waals surface area (Å²) in [5, 5.41) is 11.7. The van der Waals surface area contributed by atoms with Gasteiger partial charge >= 0.3 is 6.03 Å². The van der Waals surface area contributed by atoms with Crippen LogP contribution in [0, 0.1) is 6.92 Å². The molecule has 8 heteroatoms. The number of fused-ring (bicyclic) bond motifs is 1. The number of amides is 3. The SMILES string of the molecule is Cc1nn(C2CCCCC2)c2sc(C(=O)NCCC3CNC(=O)N3C)cc12. The molecule has 2 aliphatic rings. The fraction of sp³-hybridized carbons (Fsp3) is 0.632. The summed E-state index contributed by atoms with van der Waals surface area (Å²) in [6, 6.07) is 2.54. The molecule has 1 saturated heterocycles. The Morgan fingerprint density at radius 1 is 1.37 bits per heavy atom. The van der Waals surface area contributed by atoms with Crippen molar-refractivity contribution < 1.29 is 9.59 Å². The summed E-state index contributed by atoms with van der Waals surface area (Å²) >= 11 is 1.54. The Bertz CT molecular complexity index is 852. The molecule has 2 aromatic heterocycles. The quantitative estimate of drug-likeness (QED) is 0.825. The van der Waals surface area contributed by atoms with Crippen molar-refractivity contribution in [2.24, 2.45) is 0 Å². The fourth-order valence-corrected chi connectivity index (χ4v) is 5.27. The molecule has 2 aromatic rings. The van der Waals surface area contributed by atoms with E-state index in [0.717, 1.165) is 27.2 Å². The molecular formula is C19H27N5O2S. The first kappa shape index (κ1) is 18.3. The van der Waals surface area contributed by atoms with Crippen LogP contribution in [0.2, 0.25) is 0 Å². The van der Waals surface area contributed by atoms with Gasteiger partial charge in [0.2, 0.25) is 0 Å². The van der Waals surface area contributed by atoms with Gasteiger partial charge in [-0.3, -0.25) is 9.48 Å². The number of carbonyl (C=O) groups is 2. The van der Waals surface area contributed by atoms with Gasteiger partial charge in [-0.15, -0.1) is 11.3 Å². The molecule has 0 bridgehead atoms. The molecule has 3 heterocycles. The Kier molecular flexibility index (Phi) is 5.08. The third kappa shape index (κ3) is 3.54. The number of likely N-dealkylation sites (N-methyl/N-ethyl adjacent to an activating group) is 1. The van der Waals surface area contributed by atoms with Crippen LogP contribution in [0.3, 0.4) is 0 Å². The summed E-state index contributed by atoms with van der Waals surface area (Å²) in [6.45, 7) is 3.23. The summed E-state index contributed by atoms with van der Waals surface area (Å²) in [5.74, 6) is -0.0364. The van der Waals surface area contributed by atoms with E-state index in [-0.39, 0.29) is 18.0 Å². The second-order valence-corrected chi connectivity index (χ2v) is 8.68. The number of urea groups is 1. The van der Waals surface area contributed by atoms with Crippen LogP contribution in [-0.4, -0.2) is 52.8 Å². The molecule has 1 aliphatic carbocycles. The number of hydrogen-bond donors (Lipinski definition) is 2. The van der Waals surface area contributed by atoms with Crippen molar-refractivity contribution in [3.8, 4) is 0 Å². The van der Waals surface area contributed by atoms with Crippen molar-refractivity contribution in [1.29, 1.82) is 0 Å². The van der Waals surface area contributed by atoms with Crippen molar-refractivity contribution in [2.45, 2.75) is 57.5 Å². The van der Waals surface area contributed by atoms with Gasteiger partial charge in [0.15, 0.2) is 0 Å². The maximum Gasteiger partial charge on any atom is 0.317 e. The van der Waals surface area contributed by atoms with Crippen LogP contribution in [0.25, 0.3) is 10.2 Å². The molecule has 0 radical (unpaired) electrons. The average Bonchev–Trinajstić information content (AvgIpc) is 3.33. The number of rotatable bonds is 5. The minimum Gasteiger partial charge on any atom is -0.351 e. The number of thiophene rings is 1. The number of aromatic nitrogens is 2. The van der Waals surface area contributed by atoms with Crippen LogP contribution >= 0.6 is 11.3 Å². The molecule has 2 N–H and O–H groups in total. The molecule has 1 saturated carbocycles. The molecule has 2 fully saturated rings.